The number of nitrogens with two attached hydrogens (primary N) is 1. The van der Waals surface area contributed by atoms with Gasteiger partial charge in [0.05, 0.1) is 6.54 Å². The van der Waals surface area contributed by atoms with Crippen LogP contribution < -0.4 is 5.73 Å². The van der Waals surface area contributed by atoms with Crippen LogP contribution in [-0.4, -0.2) is 25.2 Å². The van der Waals surface area contributed by atoms with Gasteiger partial charge >= 0.3 is 0 Å². The zero-order chi connectivity index (χ0) is 9.97. The summed E-state index contributed by atoms with van der Waals surface area (Å²) in [6, 6.07) is 0. The van der Waals surface area contributed by atoms with Gasteiger partial charge in [0.1, 0.15) is 5.01 Å². The van der Waals surface area contributed by atoms with Crippen molar-refractivity contribution in [3.8, 4) is 0 Å². The van der Waals surface area contributed by atoms with E-state index in [2.05, 4.69) is 27.4 Å². The molecule has 0 saturated heterocycles. The third-order valence-corrected chi connectivity index (χ3v) is 2.92. The number of tetrazole rings is 1. The summed E-state index contributed by atoms with van der Waals surface area (Å²) in [4.78, 5) is 5.51. The second-order valence-electron chi connectivity index (χ2n) is 2.77. The summed E-state index contributed by atoms with van der Waals surface area (Å²) < 4.78 is 1.53. The minimum Gasteiger partial charge on any atom is -0.367 e. The highest BCUT2D eigenvalue weighted by Crippen LogP contribution is 2.14. The summed E-state index contributed by atoms with van der Waals surface area (Å²) in [5.74, 6) is 0.318. The van der Waals surface area contributed by atoms with E-state index in [4.69, 9.17) is 5.73 Å². The number of aryl methyl sites for hydroxylation is 1. The molecule has 2 aromatic rings. The van der Waals surface area contributed by atoms with E-state index in [9.17, 15) is 0 Å². The third-order valence-electron chi connectivity index (χ3n) is 1.79. The Morgan fingerprint density at radius 2 is 2.43 bits per heavy atom. The number of hydrogen-bond acceptors (Lipinski definition) is 6. The van der Waals surface area contributed by atoms with Gasteiger partial charge in [-0.15, -0.1) is 11.3 Å². The first kappa shape index (κ1) is 9.07. The standard InChI is InChI=1S/C7H10N6S/c1-2-5-3-9-6(14-5)4-13-7(8)10-11-12-13/h3H,2,4H2,1H3,(H2,8,10,12). The third kappa shape index (κ3) is 1.72. The Kier molecular flexibility index (Phi) is 2.40. The fraction of sp³-hybridized carbons (Fsp3) is 0.429. The lowest BCUT2D eigenvalue weighted by atomic mass is 10.4. The molecule has 0 aliphatic heterocycles. The molecular weight excluding hydrogens is 200 g/mol. The summed E-state index contributed by atoms with van der Waals surface area (Å²) in [6.07, 6.45) is 2.88. The fourth-order valence-corrected chi connectivity index (χ4v) is 1.88. The van der Waals surface area contributed by atoms with Crippen molar-refractivity contribution in [2.75, 3.05) is 5.73 Å². The highest BCUT2D eigenvalue weighted by Gasteiger charge is 2.05. The van der Waals surface area contributed by atoms with E-state index in [1.54, 1.807) is 11.3 Å². The number of thiazole rings is 1. The molecule has 0 radical (unpaired) electrons. The van der Waals surface area contributed by atoms with Crippen LogP contribution in [0.3, 0.4) is 0 Å². The Bertz CT molecular complexity index is 419. The number of anilines is 1. The van der Waals surface area contributed by atoms with Crippen LogP contribution in [0.2, 0.25) is 0 Å². The summed E-state index contributed by atoms with van der Waals surface area (Å²) >= 11 is 1.66. The Morgan fingerprint density at radius 1 is 1.57 bits per heavy atom. The van der Waals surface area contributed by atoms with Crippen molar-refractivity contribution >= 4 is 17.3 Å². The molecule has 2 aromatic heterocycles. The Balaban J connectivity index is 2.15. The summed E-state index contributed by atoms with van der Waals surface area (Å²) in [5.41, 5.74) is 5.53. The van der Waals surface area contributed by atoms with Gasteiger partial charge in [0, 0.05) is 11.1 Å². The molecule has 0 unspecified atom stereocenters. The summed E-state index contributed by atoms with van der Waals surface area (Å²) in [7, 11) is 0. The van der Waals surface area contributed by atoms with Crippen LogP contribution in [0.15, 0.2) is 6.20 Å². The SMILES string of the molecule is CCc1cnc(Cn2nnnc2N)s1. The van der Waals surface area contributed by atoms with E-state index in [1.165, 1.54) is 9.56 Å². The van der Waals surface area contributed by atoms with Gasteiger partial charge in [-0.25, -0.2) is 9.67 Å². The van der Waals surface area contributed by atoms with Gasteiger partial charge in [0.15, 0.2) is 0 Å². The molecule has 0 aliphatic carbocycles. The van der Waals surface area contributed by atoms with E-state index in [0.29, 0.717) is 12.5 Å². The average molecular weight is 210 g/mol. The van der Waals surface area contributed by atoms with Crippen molar-refractivity contribution in [3.63, 3.8) is 0 Å². The van der Waals surface area contributed by atoms with Crippen LogP contribution in [0.4, 0.5) is 5.95 Å². The number of rotatable bonds is 3. The summed E-state index contributed by atoms with van der Waals surface area (Å²) in [6.45, 7) is 2.65. The number of hydrogen-bond donors (Lipinski definition) is 1. The van der Waals surface area contributed by atoms with E-state index in [1.807, 2.05) is 6.20 Å². The molecular formula is C7H10N6S. The molecule has 74 valence electrons. The van der Waals surface area contributed by atoms with Crippen LogP contribution >= 0.6 is 11.3 Å². The average Bonchev–Trinajstić information content (AvgIpc) is 2.77. The van der Waals surface area contributed by atoms with Crippen molar-refractivity contribution in [1.29, 1.82) is 0 Å². The van der Waals surface area contributed by atoms with E-state index in [0.717, 1.165) is 11.4 Å². The van der Waals surface area contributed by atoms with Crippen molar-refractivity contribution < 1.29 is 0 Å². The molecule has 0 bridgehead atoms. The van der Waals surface area contributed by atoms with Crippen molar-refractivity contribution in [1.82, 2.24) is 25.2 Å². The molecule has 0 spiro atoms. The smallest absolute Gasteiger partial charge is 0.240 e. The minimum atomic E-state index is 0.318. The predicted molar refractivity (Wildman–Crippen MR) is 52.8 cm³/mol. The van der Waals surface area contributed by atoms with Crippen LogP contribution in [0, 0.1) is 0 Å². The highest BCUT2D eigenvalue weighted by atomic mass is 32.1. The lowest BCUT2D eigenvalue weighted by Crippen LogP contribution is -2.05. The molecule has 2 rings (SSSR count). The first-order chi connectivity index (χ1) is 6.79. The Morgan fingerprint density at radius 3 is 3.00 bits per heavy atom. The maximum absolute atomic E-state index is 5.53. The number of nitrogen functional groups attached to an aromatic ring is 1. The molecule has 2 N–H and O–H groups in total. The van der Waals surface area contributed by atoms with Crippen molar-refractivity contribution in [3.05, 3.63) is 16.1 Å². The maximum atomic E-state index is 5.53. The monoisotopic (exact) mass is 210 g/mol. The Hall–Kier alpha value is -1.50. The minimum absolute atomic E-state index is 0.318. The van der Waals surface area contributed by atoms with Crippen LogP contribution in [0.5, 0.6) is 0 Å². The molecule has 0 aromatic carbocycles. The molecule has 7 heteroatoms. The highest BCUT2D eigenvalue weighted by molar-refractivity contribution is 7.11. The van der Waals surface area contributed by atoms with E-state index < -0.39 is 0 Å². The molecule has 6 nitrogen and oxygen atoms in total. The molecule has 0 fully saturated rings. The second kappa shape index (κ2) is 3.70. The van der Waals surface area contributed by atoms with Gasteiger partial charge in [-0.05, 0) is 16.8 Å². The van der Waals surface area contributed by atoms with E-state index >= 15 is 0 Å². The van der Waals surface area contributed by atoms with Gasteiger partial charge in [0.25, 0.3) is 0 Å². The van der Waals surface area contributed by atoms with Gasteiger partial charge in [0.2, 0.25) is 5.95 Å². The van der Waals surface area contributed by atoms with Gasteiger partial charge in [-0.1, -0.05) is 12.0 Å². The van der Waals surface area contributed by atoms with Gasteiger partial charge in [-0.2, -0.15) is 0 Å². The Labute approximate surface area is 84.8 Å². The molecule has 0 atom stereocenters. The summed E-state index contributed by atoms with van der Waals surface area (Å²) in [5, 5.41) is 11.8. The van der Waals surface area contributed by atoms with Crippen LogP contribution in [0.25, 0.3) is 0 Å². The zero-order valence-electron chi connectivity index (χ0n) is 7.71. The molecule has 0 amide bonds. The van der Waals surface area contributed by atoms with Gasteiger partial charge < -0.3 is 5.73 Å². The van der Waals surface area contributed by atoms with Crippen molar-refractivity contribution in [2.24, 2.45) is 0 Å². The predicted octanol–water partition coefficient (Wildman–Crippen LogP) is 0.322. The van der Waals surface area contributed by atoms with Gasteiger partial charge in [-0.3, -0.25) is 0 Å². The largest absolute Gasteiger partial charge is 0.367 e. The zero-order valence-corrected chi connectivity index (χ0v) is 8.53. The fourth-order valence-electron chi connectivity index (χ4n) is 1.04. The number of nitrogens with zero attached hydrogens (tertiary/aromatic N) is 5. The van der Waals surface area contributed by atoms with E-state index in [-0.39, 0.29) is 0 Å². The molecule has 2 heterocycles. The molecule has 14 heavy (non-hydrogen) atoms. The second-order valence-corrected chi connectivity index (χ2v) is 3.97. The van der Waals surface area contributed by atoms with Crippen LogP contribution in [0.1, 0.15) is 16.8 Å². The van der Waals surface area contributed by atoms with Crippen LogP contribution in [-0.2, 0) is 13.0 Å². The normalized spacial score (nSPS) is 10.6. The molecule has 0 saturated carbocycles. The molecule has 0 aliphatic rings. The first-order valence-electron chi connectivity index (χ1n) is 4.25. The topological polar surface area (TPSA) is 82.5 Å². The lowest BCUT2D eigenvalue weighted by molar-refractivity contribution is 0.652. The maximum Gasteiger partial charge on any atom is 0.240 e. The first-order valence-corrected chi connectivity index (χ1v) is 5.06. The lowest BCUT2D eigenvalue weighted by Gasteiger charge is -1.95. The van der Waals surface area contributed by atoms with Crippen molar-refractivity contribution in [2.45, 2.75) is 19.9 Å². The quantitative estimate of drug-likeness (QED) is 0.789. The number of aromatic nitrogens is 5.